The Morgan fingerprint density at radius 1 is 1.48 bits per heavy atom. The zero-order chi connectivity index (χ0) is 16.8. The molecule has 1 heterocycles. The number of nitrogens with one attached hydrogen (secondary N) is 2. The van der Waals surface area contributed by atoms with Gasteiger partial charge in [-0.05, 0) is 24.1 Å². The molecule has 8 heteroatoms. The molecule has 0 aliphatic carbocycles. The van der Waals surface area contributed by atoms with Gasteiger partial charge in [-0.25, -0.2) is 13.6 Å². The number of hydrogen-bond acceptors (Lipinski definition) is 3. The van der Waals surface area contributed by atoms with Crippen molar-refractivity contribution in [1.82, 2.24) is 10.6 Å². The number of benzene rings is 1. The van der Waals surface area contributed by atoms with Crippen molar-refractivity contribution in [1.29, 1.82) is 0 Å². The molecular weight excluding hydrogens is 330 g/mol. The SMILES string of the molecule is CO[C@@H]1CCOC[C@H]1NC(=O)NC(c1cccc(Cl)c1)C(F)F. The van der Waals surface area contributed by atoms with Crippen LogP contribution in [0.15, 0.2) is 24.3 Å². The van der Waals surface area contributed by atoms with E-state index in [9.17, 15) is 13.6 Å². The Labute approximate surface area is 138 Å². The second-order valence-corrected chi connectivity index (χ2v) is 5.67. The molecule has 0 radical (unpaired) electrons. The van der Waals surface area contributed by atoms with Gasteiger partial charge in [0, 0.05) is 18.7 Å². The van der Waals surface area contributed by atoms with Gasteiger partial charge in [0.25, 0.3) is 6.43 Å². The van der Waals surface area contributed by atoms with Gasteiger partial charge in [0.1, 0.15) is 6.04 Å². The standard InChI is InChI=1S/C15H19ClF2N2O3/c1-22-12-5-6-23-8-11(12)19-15(21)20-13(14(17)18)9-3-2-4-10(16)7-9/h2-4,7,11-14H,5-6,8H2,1H3,(H2,19,20,21)/t11-,12-,13?/m1/s1. The molecule has 1 aliphatic rings. The second-order valence-electron chi connectivity index (χ2n) is 5.23. The van der Waals surface area contributed by atoms with Gasteiger partial charge in [-0.2, -0.15) is 0 Å². The summed E-state index contributed by atoms with van der Waals surface area (Å²) in [5, 5.41) is 5.23. The number of carbonyl (C=O) groups excluding carboxylic acids is 1. The highest BCUT2D eigenvalue weighted by Gasteiger charge is 2.29. The molecule has 0 saturated carbocycles. The van der Waals surface area contributed by atoms with Crippen molar-refractivity contribution in [2.24, 2.45) is 0 Å². The number of methoxy groups -OCH3 is 1. The Hall–Kier alpha value is -1.44. The van der Waals surface area contributed by atoms with Crippen LogP contribution >= 0.6 is 11.6 Å². The molecule has 3 atom stereocenters. The second kappa shape index (κ2) is 8.42. The van der Waals surface area contributed by atoms with Crippen molar-refractivity contribution < 1.29 is 23.0 Å². The lowest BCUT2D eigenvalue weighted by Crippen LogP contribution is -2.53. The molecule has 2 amide bonds. The highest BCUT2D eigenvalue weighted by Crippen LogP contribution is 2.23. The summed E-state index contributed by atoms with van der Waals surface area (Å²) in [4.78, 5) is 12.0. The number of urea groups is 1. The summed E-state index contributed by atoms with van der Waals surface area (Å²) in [5.74, 6) is 0. The van der Waals surface area contributed by atoms with Gasteiger partial charge in [-0.3, -0.25) is 0 Å². The number of ether oxygens (including phenoxy) is 2. The number of amides is 2. The van der Waals surface area contributed by atoms with E-state index in [1.165, 1.54) is 19.2 Å². The normalized spacial score (nSPS) is 22.7. The molecule has 1 aliphatic heterocycles. The van der Waals surface area contributed by atoms with E-state index in [-0.39, 0.29) is 24.3 Å². The Morgan fingerprint density at radius 3 is 2.91 bits per heavy atom. The molecule has 5 nitrogen and oxygen atoms in total. The Kier molecular flexibility index (Phi) is 6.56. The van der Waals surface area contributed by atoms with E-state index in [4.69, 9.17) is 21.1 Å². The van der Waals surface area contributed by atoms with Gasteiger partial charge in [-0.1, -0.05) is 23.7 Å². The zero-order valence-electron chi connectivity index (χ0n) is 12.6. The fraction of sp³-hybridized carbons (Fsp3) is 0.533. The number of halogens is 3. The summed E-state index contributed by atoms with van der Waals surface area (Å²) in [6.07, 6.45) is -2.33. The Balaban J connectivity index is 2.00. The lowest BCUT2D eigenvalue weighted by molar-refractivity contribution is -0.0337. The third kappa shape index (κ3) is 5.02. The largest absolute Gasteiger partial charge is 0.379 e. The molecule has 0 aromatic heterocycles. The lowest BCUT2D eigenvalue weighted by Gasteiger charge is -2.31. The van der Waals surface area contributed by atoms with Crippen molar-refractivity contribution >= 4 is 17.6 Å². The van der Waals surface area contributed by atoms with E-state index in [1.54, 1.807) is 12.1 Å². The monoisotopic (exact) mass is 348 g/mol. The van der Waals surface area contributed by atoms with E-state index in [0.29, 0.717) is 18.1 Å². The summed E-state index contributed by atoms with van der Waals surface area (Å²) in [6, 6.07) is 3.50. The third-order valence-electron chi connectivity index (χ3n) is 3.66. The topological polar surface area (TPSA) is 59.6 Å². The zero-order valence-corrected chi connectivity index (χ0v) is 13.4. The van der Waals surface area contributed by atoms with Crippen LogP contribution in [0.25, 0.3) is 0 Å². The van der Waals surface area contributed by atoms with Crippen molar-refractivity contribution in [2.45, 2.75) is 31.0 Å². The maximum Gasteiger partial charge on any atom is 0.315 e. The summed E-state index contributed by atoms with van der Waals surface area (Å²) in [7, 11) is 1.54. The summed E-state index contributed by atoms with van der Waals surface area (Å²) >= 11 is 5.82. The van der Waals surface area contributed by atoms with Gasteiger partial charge in [0.2, 0.25) is 0 Å². The predicted molar refractivity (Wildman–Crippen MR) is 81.9 cm³/mol. The molecule has 2 N–H and O–H groups in total. The fourth-order valence-corrected chi connectivity index (χ4v) is 2.68. The Bertz CT molecular complexity index is 533. The van der Waals surface area contributed by atoms with Crippen LogP contribution in [0.2, 0.25) is 5.02 Å². The first-order chi connectivity index (χ1) is 11.0. The van der Waals surface area contributed by atoms with Crippen molar-refractivity contribution in [3.05, 3.63) is 34.9 Å². The molecule has 1 unspecified atom stereocenters. The quantitative estimate of drug-likeness (QED) is 0.860. The van der Waals surface area contributed by atoms with Gasteiger partial charge in [-0.15, -0.1) is 0 Å². The first-order valence-corrected chi connectivity index (χ1v) is 7.60. The predicted octanol–water partition coefficient (Wildman–Crippen LogP) is 2.75. The summed E-state index contributed by atoms with van der Waals surface area (Å²) in [5.41, 5.74) is 0.242. The number of hydrogen-bond donors (Lipinski definition) is 2. The fourth-order valence-electron chi connectivity index (χ4n) is 2.48. The number of rotatable bonds is 5. The summed E-state index contributed by atoms with van der Waals surface area (Å²) in [6.45, 7) is 0.822. The first kappa shape index (κ1) is 17.9. The maximum absolute atomic E-state index is 13.3. The van der Waals surface area contributed by atoms with Crippen molar-refractivity contribution in [2.75, 3.05) is 20.3 Å². The smallest absolute Gasteiger partial charge is 0.315 e. The van der Waals surface area contributed by atoms with Crippen molar-refractivity contribution in [3.63, 3.8) is 0 Å². The molecule has 0 spiro atoms. The van der Waals surface area contributed by atoms with E-state index < -0.39 is 18.5 Å². The minimum Gasteiger partial charge on any atom is -0.379 e. The van der Waals surface area contributed by atoms with Crippen LogP contribution in [-0.4, -0.2) is 44.9 Å². The first-order valence-electron chi connectivity index (χ1n) is 7.22. The van der Waals surface area contributed by atoms with Crippen LogP contribution in [0.5, 0.6) is 0 Å². The minimum absolute atomic E-state index is 0.203. The van der Waals surface area contributed by atoms with Gasteiger partial charge < -0.3 is 20.1 Å². The highest BCUT2D eigenvalue weighted by molar-refractivity contribution is 6.30. The molecule has 1 aromatic rings. The molecule has 0 bridgehead atoms. The average molecular weight is 349 g/mol. The van der Waals surface area contributed by atoms with Crippen LogP contribution < -0.4 is 10.6 Å². The highest BCUT2D eigenvalue weighted by atomic mass is 35.5. The lowest BCUT2D eigenvalue weighted by atomic mass is 10.1. The number of alkyl halides is 2. The number of carbonyl (C=O) groups is 1. The van der Waals surface area contributed by atoms with Gasteiger partial charge >= 0.3 is 6.03 Å². The molecular formula is C15H19ClF2N2O3. The van der Waals surface area contributed by atoms with E-state index in [2.05, 4.69) is 10.6 Å². The molecule has 128 valence electrons. The van der Waals surface area contributed by atoms with E-state index in [0.717, 1.165) is 0 Å². The van der Waals surface area contributed by atoms with Crippen LogP contribution in [0.1, 0.15) is 18.0 Å². The molecule has 2 rings (SSSR count). The van der Waals surface area contributed by atoms with Gasteiger partial charge in [0.15, 0.2) is 0 Å². The van der Waals surface area contributed by atoms with Gasteiger partial charge in [0.05, 0.1) is 18.8 Å². The van der Waals surface area contributed by atoms with Crippen LogP contribution in [0, 0.1) is 0 Å². The van der Waals surface area contributed by atoms with Crippen molar-refractivity contribution in [3.8, 4) is 0 Å². The Morgan fingerprint density at radius 2 is 2.26 bits per heavy atom. The van der Waals surface area contributed by atoms with E-state index in [1.807, 2.05) is 0 Å². The molecule has 23 heavy (non-hydrogen) atoms. The van der Waals surface area contributed by atoms with E-state index >= 15 is 0 Å². The summed E-state index contributed by atoms with van der Waals surface area (Å²) < 4.78 is 37.1. The molecule has 1 aromatic carbocycles. The molecule has 1 fully saturated rings. The maximum atomic E-state index is 13.3. The molecule has 1 saturated heterocycles. The average Bonchev–Trinajstić information content (AvgIpc) is 2.53. The third-order valence-corrected chi connectivity index (χ3v) is 3.89. The minimum atomic E-state index is -2.76. The van der Waals surface area contributed by atoms with Crippen LogP contribution in [0.4, 0.5) is 13.6 Å². The van der Waals surface area contributed by atoms with Crippen LogP contribution in [-0.2, 0) is 9.47 Å². The van der Waals surface area contributed by atoms with Crippen LogP contribution in [0.3, 0.4) is 0 Å².